The summed E-state index contributed by atoms with van der Waals surface area (Å²) in [6.07, 6.45) is 3.54. The number of carbonyl (C=O) groups excluding carboxylic acids is 2. The molecule has 0 radical (unpaired) electrons. The molecular formula is C25H37NO5S. The Morgan fingerprint density at radius 1 is 1.00 bits per heavy atom. The molecule has 1 aromatic rings. The van der Waals surface area contributed by atoms with Gasteiger partial charge in [0.25, 0.3) is 5.91 Å². The van der Waals surface area contributed by atoms with E-state index in [1.54, 1.807) is 13.8 Å². The van der Waals surface area contributed by atoms with Gasteiger partial charge >= 0.3 is 0 Å². The van der Waals surface area contributed by atoms with Crippen LogP contribution in [0.25, 0.3) is 0 Å². The average molecular weight is 464 g/mol. The van der Waals surface area contributed by atoms with Crippen LogP contribution in [0.4, 0.5) is 0 Å². The number of rotatable bonds is 7. The molecule has 1 saturated carbocycles. The smallest absolute Gasteiger partial charge is 0.254 e. The minimum Gasteiger partial charge on any atom is -0.372 e. The average Bonchev–Trinajstić information content (AvgIpc) is 2.73. The highest BCUT2D eigenvalue weighted by molar-refractivity contribution is 7.91. The Kier molecular flexibility index (Phi) is 8.15. The minimum atomic E-state index is -3.03. The summed E-state index contributed by atoms with van der Waals surface area (Å²) in [6.45, 7) is 8.58. The molecule has 2 fully saturated rings. The summed E-state index contributed by atoms with van der Waals surface area (Å²) in [7, 11) is -3.03. The lowest BCUT2D eigenvalue weighted by Crippen LogP contribution is -2.48. The molecule has 2 aliphatic rings. The summed E-state index contributed by atoms with van der Waals surface area (Å²) in [5, 5.41) is -0.341. The van der Waals surface area contributed by atoms with Crippen molar-refractivity contribution in [2.75, 3.05) is 18.8 Å². The number of hydrogen-bond acceptors (Lipinski definition) is 5. The van der Waals surface area contributed by atoms with Crippen molar-refractivity contribution in [1.29, 1.82) is 0 Å². The normalized spacial score (nSPS) is 26.8. The van der Waals surface area contributed by atoms with Crippen molar-refractivity contribution < 1.29 is 22.7 Å². The fourth-order valence-electron chi connectivity index (χ4n) is 4.81. The SMILES string of the molecule is CC(C)S(=O)(=O)CC1CCC(C(=O)Cc2ccc(C(=O)N3C[C@@H](C)O[C@@H](C)C3)cc2)CC1. The molecule has 1 heterocycles. The van der Waals surface area contributed by atoms with Crippen LogP contribution in [0.2, 0.25) is 0 Å². The largest absolute Gasteiger partial charge is 0.372 e. The molecule has 1 amide bonds. The van der Waals surface area contributed by atoms with Gasteiger partial charge in [-0.05, 0) is 77.0 Å². The van der Waals surface area contributed by atoms with E-state index >= 15 is 0 Å². The molecule has 1 aliphatic carbocycles. The third-order valence-electron chi connectivity index (χ3n) is 6.77. The highest BCUT2D eigenvalue weighted by atomic mass is 32.2. The van der Waals surface area contributed by atoms with Gasteiger partial charge in [0.05, 0.1) is 23.2 Å². The van der Waals surface area contributed by atoms with Gasteiger partial charge in [-0.15, -0.1) is 0 Å². The second-order valence-corrected chi connectivity index (χ2v) is 12.5. The van der Waals surface area contributed by atoms with Crippen LogP contribution in [0.3, 0.4) is 0 Å². The minimum absolute atomic E-state index is 0.000418. The standard InChI is InChI=1S/C25H37NO5S/c1-17(2)32(29,30)16-21-7-9-22(10-8-21)24(27)13-20-5-11-23(12-6-20)25(28)26-14-18(3)31-19(4)15-26/h5-6,11-12,17-19,21-22H,7-10,13-16H2,1-4H3/t18-,19+,21?,22?. The topological polar surface area (TPSA) is 80.8 Å². The highest BCUT2D eigenvalue weighted by Crippen LogP contribution is 2.31. The quantitative estimate of drug-likeness (QED) is 0.616. The number of nitrogens with zero attached hydrogens (tertiary/aromatic N) is 1. The monoisotopic (exact) mass is 463 g/mol. The Hall–Kier alpha value is -1.73. The molecule has 0 aromatic heterocycles. The van der Waals surface area contributed by atoms with E-state index in [-0.39, 0.29) is 46.7 Å². The van der Waals surface area contributed by atoms with Crippen LogP contribution in [0.1, 0.15) is 69.3 Å². The lowest BCUT2D eigenvalue weighted by Gasteiger charge is -2.35. The van der Waals surface area contributed by atoms with E-state index in [1.807, 2.05) is 43.0 Å². The predicted molar refractivity (Wildman–Crippen MR) is 125 cm³/mol. The van der Waals surface area contributed by atoms with Gasteiger partial charge in [-0.3, -0.25) is 9.59 Å². The zero-order valence-corrected chi connectivity index (χ0v) is 20.6. The first kappa shape index (κ1) is 24.9. The molecule has 7 heteroatoms. The molecule has 1 aliphatic heterocycles. The number of ketones is 1. The first-order valence-electron chi connectivity index (χ1n) is 11.8. The van der Waals surface area contributed by atoms with Gasteiger partial charge in [-0.1, -0.05) is 12.1 Å². The third kappa shape index (κ3) is 6.41. The summed E-state index contributed by atoms with van der Waals surface area (Å²) >= 11 is 0. The number of hydrogen-bond donors (Lipinski definition) is 0. The maximum absolute atomic E-state index is 12.8. The fraction of sp³-hybridized carbons (Fsp3) is 0.680. The molecule has 2 atom stereocenters. The summed E-state index contributed by atoms with van der Waals surface area (Å²) < 4.78 is 30.0. The predicted octanol–water partition coefficient (Wildman–Crippen LogP) is 3.68. The van der Waals surface area contributed by atoms with Crippen molar-refractivity contribution in [3.05, 3.63) is 35.4 Å². The Morgan fingerprint density at radius 3 is 2.09 bits per heavy atom. The van der Waals surface area contributed by atoms with Gasteiger partial charge in [-0.25, -0.2) is 8.42 Å². The van der Waals surface area contributed by atoms with Crippen molar-refractivity contribution in [1.82, 2.24) is 4.90 Å². The second kappa shape index (κ2) is 10.5. The Labute approximate surface area is 192 Å². The van der Waals surface area contributed by atoms with Gasteiger partial charge in [0, 0.05) is 31.0 Å². The maximum Gasteiger partial charge on any atom is 0.254 e. The lowest BCUT2D eigenvalue weighted by molar-refractivity contribution is -0.123. The first-order chi connectivity index (χ1) is 15.0. The number of carbonyl (C=O) groups is 2. The molecule has 1 saturated heterocycles. The van der Waals surface area contributed by atoms with Gasteiger partial charge in [0.1, 0.15) is 5.78 Å². The lowest BCUT2D eigenvalue weighted by atomic mass is 9.79. The van der Waals surface area contributed by atoms with Crippen molar-refractivity contribution >= 4 is 21.5 Å². The molecule has 0 unspecified atom stereocenters. The summed E-state index contributed by atoms with van der Waals surface area (Å²) in [5.74, 6) is 0.625. The van der Waals surface area contributed by atoms with E-state index in [2.05, 4.69) is 0 Å². The number of sulfone groups is 1. The van der Waals surface area contributed by atoms with Crippen LogP contribution in [0.15, 0.2) is 24.3 Å². The van der Waals surface area contributed by atoms with E-state index in [1.165, 1.54) is 0 Å². The summed E-state index contributed by atoms with van der Waals surface area (Å²) in [5.41, 5.74) is 1.55. The van der Waals surface area contributed by atoms with E-state index in [4.69, 9.17) is 4.74 Å². The van der Waals surface area contributed by atoms with Gasteiger partial charge in [0.2, 0.25) is 0 Å². The Morgan fingerprint density at radius 2 is 1.56 bits per heavy atom. The van der Waals surface area contributed by atoms with Crippen molar-refractivity contribution in [2.45, 2.75) is 77.3 Å². The van der Waals surface area contributed by atoms with Crippen LogP contribution >= 0.6 is 0 Å². The third-order valence-corrected chi connectivity index (χ3v) is 9.15. The maximum atomic E-state index is 12.8. The van der Waals surface area contributed by atoms with Crippen LogP contribution in [0, 0.1) is 11.8 Å². The van der Waals surface area contributed by atoms with Crippen LogP contribution < -0.4 is 0 Å². The molecule has 0 spiro atoms. The number of ether oxygens (including phenoxy) is 1. The van der Waals surface area contributed by atoms with E-state index < -0.39 is 9.84 Å². The number of morpholine rings is 1. The van der Waals surface area contributed by atoms with Crippen molar-refractivity contribution in [2.24, 2.45) is 11.8 Å². The number of Topliss-reactive ketones (excluding diaryl/α,β-unsaturated/α-hetero) is 1. The molecule has 0 bridgehead atoms. The zero-order valence-electron chi connectivity index (χ0n) is 19.7. The number of benzene rings is 1. The Bertz CT molecular complexity index is 891. The first-order valence-corrected chi connectivity index (χ1v) is 13.5. The second-order valence-electron chi connectivity index (χ2n) is 9.90. The van der Waals surface area contributed by atoms with E-state index in [9.17, 15) is 18.0 Å². The van der Waals surface area contributed by atoms with Crippen molar-refractivity contribution in [3.63, 3.8) is 0 Å². The van der Waals surface area contributed by atoms with Crippen molar-refractivity contribution in [3.8, 4) is 0 Å². The van der Waals surface area contributed by atoms with Gasteiger partial charge < -0.3 is 9.64 Å². The van der Waals surface area contributed by atoms with E-state index in [0.29, 0.717) is 25.1 Å². The summed E-state index contributed by atoms with van der Waals surface area (Å²) in [6, 6.07) is 7.37. The summed E-state index contributed by atoms with van der Waals surface area (Å²) in [4.78, 5) is 27.4. The molecule has 0 N–H and O–H groups in total. The molecule has 178 valence electrons. The molecule has 3 rings (SSSR count). The highest BCUT2D eigenvalue weighted by Gasteiger charge is 2.30. The van der Waals surface area contributed by atoms with Crippen LogP contribution in [-0.2, 0) is 25.8 Å². The van der Waals surface area contributed by atoms with Gasteiger partial charge in [-0.2, -0.15) is 0 Å². The zero-order chi connectivity index (χ0) is 23.5. The number of amides is 1. The molecule has 1 aromatic carbocycles. The molecule has 32 heavy (non-hydrogen) atoms. The van der Waals surface area contributed by atoms with E-state index in [0.717, 1.165) is 31.2 Å². The Balaban J connectivity index is 1.50. The fourth-order valence-corrected chi connectivity index (χ4v) is 6.18. The van der Waals surface area contributed by atoms with Crippen LogP contribution in [-0.4, -0.2) is 61.3 Å². The molecular weight excluding hydrogens is 426 g/mol. The van der Waals surface area contributed by atoms with Gasteiger partial charge in [0.15, 0.2) is 9.84 Å². The van der Waals surface area contributed by atoms with Crippen LogP contribution in [0.5, 0.6) is 0 Å². The molecule has 6 nitrogen and oxygen atoms in total.